The molecule has 34 heavy (non-hydrogen) atoms. The van der Waals surface area contributed by atoms with E-state index >= 15 is 4.39 Å². The first-order chi connectivity index (χ1) is 16.0. The number of alkyl halides is 2. The monoisotopic (exact) mass is 476 g/mol. The van der Waals surface area contributed by atoms with Crippen molar-refractivity contribution in [1.82, 2.24) is 0 Å². The van der Waals surface area contributed by atoms with Gasteiger partial charge in [0.15, 0.2) is 11.5 Å². The molecule has 1 fully saturated rings. The van der Waals surface area contributed by atoms with Crippen LogP contribution in [-0.4, -0.2) is 36.5 Å². The third-order valence-corrected chi connectivity index (χ3v) is 7.30. The lowest BCUT2D eigenvalue weighted by Gasteiger charge is -2.37. The first kappa shape index (κ1) is 22.8. The van der Waals surface area contributed by atoms with E-state index in [2.05, 4.69) is 19.7 Å². The lowest BCUT2D eigenvalue weighted by Crippen LogP contribution is -2.45. The molecule has 2 aromatic rings. The van der Waals surface area contributed by atoms with Crippen LogP contribution in [0.2, 0.25) is 0 Å². The van der Waals surface area contributed by atoms with E-state index in [-0.39, 0.29) is 35.3 Å². The van der Waals surface area contributed by atoms with E-state index in [1.165, 1.54) is 18.2 Å². The maximum atomic E-state index is 15.1. The fourth-order valence-corrected chi connectivity index (χ4v) is 5.08. The number of halogens is 3. The van der Waals surface area contributed by atoms with Crippen molar-refractivity contribution in [2.45, 2.75) is 57.8 Å². The van der Waals surface area contributed by atoms with Crippen molar-refractivity contribution >= 4 is 17.3 Å². The Bertz CT molecular complexity index is 1160. The molecule has 0 bridgehead atoms. The Kier molecular flexibility index (Phi) is 5.06. The first-order valence-electron chi connectivity index (χ1n) is 11.4. The fraction of sp³-hybridized carbons (Fsp3) is 0.480. The number of rotatable bonds is 6. The summed E-state index contributed by atoms with van der Waals surface area (Å²) in [7, 11) is 0. The molecule has 0 saturated heterocycles. The molecule has 2 aromatic carbocycles. The van der Waals surface area contributed by atoms with Gasteiger partial charge >= 0.3 is 6.29 Å². The molecule has 9 heteroatoms. The number of likely N-dealkylation sites (N-methyl/N-ethyl adjacent to an activating group) is 1. The van der Waals surface area contributed by atoms with Gasteiger partial charge in [-0.3, -0.25) is 4.79 Å². The molecule has 1 amide bonds. The van der Waals surface area contributed by atoms with Gasteiger partial charge in [-0.25, -0.2) is 4.39 Å². The minimum atomic E-state index is -3.73. The van der Waals surface area contributed by atoms with Gasteiger partial charge in [0.25, 0.3) is 0 Å². The van der Waals surface area contributed by atoms with Gasteiger partial charge in [-0.05, 0) is 61.6 Å². The maximum Gasteiger partial charge on any atom is 0.586 e. The highest BCUT2D eigenvalue weighted by molar-refractivity contribution is 6.01. The number of hydrogen-bond donors (Lipinski definition) is 2. The van der Waals surface area contributed by atoms with E-state index in [0.29, 0.717) is 31.4 Å². The van der Waals surface area contributed by atoms with Crippen LogP contribution in [0.15, 0.2) is 30.3 Å². The van der Waals surface area contributed by atoms with E-state index in [0.717, 1.165) is 11.3 Å². The molecule has 2 heterocycles. The van der Waals surface area contributed by atoms with Crippen LogP contribution < -0.4 is 19.7 Å². The first-order valence-corrected chi connectivity index (χ1v) is 11.4. The Hall–Kier alpha value is -2.94. The molecule has 6 nitrogen and oxygen atoms in total. The number of nitrogens with one attached hydrogen (secondary N) is 1. The topological polar surface area (TPSA) is 71.0 Å². The van der Waals surface area contributed by atoms with Crippen molar-refractivity contribution in [2.75, 3.05) is 23.4 Å². The zero-order valence-corrected chi connectivity index (χ0v) is 19.3. The summed E-state index contributed by atoms with van der Waals surface area (Å²) in [5.41, 5.74) is 0.957. The van der Waals surface area contributed by atoms with E-state index in [1.807, 2.05) is 20.8 Å². The van der Waals surface area contributed by atoms with Gasteiger partial charge in [-0.15, -0.1) is 8.78 Å². The zero-order chi connectivity index (χ0) is 24.5. The normalized spacial score (nSPS) is 21.4. The summed E-state index contributed by atoms with van der Waals surface area (Å²) in [6, 6.07) is 7.42. The fourth-order valence-electron chi connectivity index (χ4n) is 5.08. The van der Waals surface area contributed by atoms with Crippen molar-refractivity contribution in [3.05, 3.63) is 47.3 Å². The second-order valence-corrected chi connectivity index (χ2v) is 9.98. The average Bonchev–Trinajstić information content (AvgIpc) is 3.42. The molecular formula is C25H27F3N2O4. The van der Waals surface area contributed by atoms with E-state index in [9.17, 15) is 18.7 Å². The quantitative estimate of drug-likeness (QED) is 0.639. The number of nitrogens with zero attached hydrogens (tertiary/aromatic N) is 1. The predicted molar refractivity (Wildman–Crippen MR) is 120 cm³/mol. The van der Waals surface area contributed by atoms with E-state index in [4.69, 9.17) is 0 Å². The SMILES string of the molecule is CCN1c2cc(F)c(NC(=O)C3(c4ccc5c(c4)OC(F)(F)O5)CC3)cc2CC1C(C)(C)CO. The molecule has 0 aromatic heterocycles. The summed E-state index contributed by atoms with van der Waals surface area (Å²) in [6.45, 7) is 6.60. The van der Waals surface area contributed by atoms with Gasteiger partial charge in [-0.1, -0.05) is 19.9 Å². The molecule has 1 saturated carbocycles. The minimum absolute atomic E-state index is 0.00177. The highest BCUT2D eigenvalue weighted by Crippen LogP contribution is 2.52. The molecule has 1 aliphatic carbocycles. The van der Waals surface area contributed by atoms with Crippen molar-refractivity contribution in [2.24, 2.45) is 5.41 Å². The number of carbonyl (C=O) groups excluding carboxylic acids is 1. The molecule has 0 radical (unpaired) electrons. The van der Waals surface area contributed by atoms with Gasteiger partial charge in [-0.2, -0.15) is 0 Å². The van der Waals surface area contributed by atoms with E-state index < -0.39 is 23.4 Å². The van der Waals surface area contributed by atoms with Crippen molar-refractivity contribution in [3.63, 3.8) is 0 Å². The molecule has 3 aliphatic rings. The van der Waals surface area contributed by atoms with Gasteiger partial charge < -0.3 is 24.8 Å². The number of fused-ring (bicyclic) bond motifs is 2. The van der Waals surface area contributed by atoms with Crippen LogP contribution in [0.4, 0.5) is 24.5 Å². The van der Waals surface area contributed by atoms with Crippen LogP contribution in [0.5, 0.6) is 11.5 Å². The highest BCUT2D eigenvalue weighted by Gasteiger charge is 2.53. The van der Waals surface area contributed by atoms with Crippen molar-refractivity contribution in [1.29, 1.82) is 0 Å². The smallest absolute Gasteiger partial charge is 0.396 e. The molecule has 2 N–H and O–H groups in total. The summed E-state index contributed by atoms with van der Waals surface area (Å²) in [5, 5.41) is 12.6. The lowest BCUT2D eigenvalue weighted by atomic mass is 9.83. The number of ether oxygens (including phenoxy) is 2. The number of hydrogen-bond acceptors (Lipinski definition) is 5. The Balaban J connectivity index is 1.39. The van der Waals surface area contributed by atoms with Gasteiger partial charge in [0, 0.05) is 23.7 Å². The third-order valence-electron chi connectivity index (χ3n) is 7.30. The number of anilines is 2. The maximum absolute atomic E-state index is 15.1. The average molecular weight is 476 g/mol. The Morgan fingerprint density at radius 1 is 1.21 bits per heavy atom. The van der Waals surface area contributed by atoms with E-state index in [1.54, 1.807) is 12.1 Å². The summed E-state index contributed by atoms with van der Waals surface area (Å²) >= 11 is 0. The molecule has 1 unspecified atom stereocenters. The van der Waals surface area contributed by atoms with Crippen molar-refractivity contribution < 1.29 is 32.5 Å². The molecule has 0 spiro atoms. The predicted octanol–water partition coefficient (Wildman–Crippen LogP) is 4.59. The van der Waals surface area contributed by atoms with Gasteiger partial charge in [0.05, 0.1) is 17.7 Å². The molecular weight excluding hydrogens is 449 g/mol. The summed E-state index contributed by atoms with van der Waals surface area (Å²) in [5.74, 6) is -1.15. The molecule has 2 aliphatic heterocycles. The van der Waals surface area contributed by atoms with Crippen LogP contribution in [0, 0.1) is 11.2 Å². The summed E-state index contributed by atoms with van der Waals surface area (Å²) in [4.78, 5) is 15.3. The number of aliphatic hydroxyl groups is 1. The van der Waals surface area contributed by atoms with Crippen LogP contribution in [0.1, 0.15) is 44.7 Å². The Labute approximate surface area is 195 Å². The number of benzene rings is 2. The van der Waals surface area contributed by atoms with Crippen LogP contribution in [-0.2, 0) is 16.6 Å². The van der Waals surface area contributed by atoms with Gasteiger partial charge in [0.1, 0.15) is 5.82 Å². The standard InChI is InChI=1S/C25H27F3N2O4/c1-4-30-18-12-16(26)17(9-14(18)10-21(30)23(2,3)13-31)29-22(32)24(7-8-24)15-5-6-19-20(11-15)34-25(27,28)33-19/h5-6,9,11-12,21,31H,4,7-8,10,13H2,1-3H3,(H,29,32). The third kappa shape index (κ3) is 3.57. The highest BCUT2D eigenvalue weighted by atomic mass is 19.3. The van der Waals surface area contributed by atoms with Crippen LogP contribution in [0.3, 0.4) is 0 Å². The Morgan fingerprint density at radius 2 is 1.91 bits per heavy atom. The number of carbonyl (C=O) groups is 1. The molecule has 5 rings (SSSR count). The second-order valence-electron chi connectivity index (χ2n) is 9.98. The summed E-state index contributed by atoms with van der Waals surface area (Å²) < 4.78 is 50.8. The zero-order valence-electron chi connectivity index (χ0n) is 19.3. The largest absolute Gasteiger partial charge is 0.586 e. The number of aliphatic hydroxyl groups excluding tert-OH is 1. The van der Waals surface area contributed by atoms with Crippen LogP contribution in [0.25, 0.3) is 0 Å². The van der Waals surface area contributed by atoms with Crippen molar-refractivity contribution in [3.8, 4) is 11.5 Å². The van der Waals surface area contributed by atoms with Gasteiger partial charge in [0.2, 0.25) is 5.91 Å². The number of amides is 1. The lowest BCUT2D eigenvalue weighted by molar-refractivity contribution is -0.286. The Morgan fingerprint density at radius 3 is 2.56 bits per heavy atom. The molecule has 1 atom stereocenters. The minimum Gasteiger partial charge on any atom is -0.396 e. The summed E-state index contributed by atoms with van der Waals surface area (Å²) in [6.07, 6.45) is -2.08. The van der Waals surface area contributed by atoms with Crippen LogP contribution >= 0.6 is 0 Å². The molecule has 182 valence electrons. The second kappa shape index (κ2) is 7.53.